The molecule has 0 fully saturated rings. The van der Waals surface area contributed by atoms with Gasteiger partial charge in [-0.25, -0.2) is 17.9 Å². The van der Waals surface area contributed by atoms with Crippen LogP contribution < -0.4 is 10.0 Å². The molecule has 0 radical (unpaired) electrons. The highest BCUT2D eigenvalue weighted by molar-refractivity contribution is 7.89. The minimum atomic E-state index is -3.68. The standard InChI is InChI=1S/C16H26N2O4S/c1-4-5-9-18-23(21,22)13-6-7-15(14(11-13)16(19)20)17-10-8-12(2)3/h6-7,11-12,17-18H,4-5,8-10H2,1-3H3,(H,19,20). The van der Waals surface area contributed by atoms with Gasteiger partial charge in [-0.2, -0.15) is 0 Å². The predicted octanol–water partition coefficient (Wildman–Crippen LogP) is 2.92. The number of carboxylic acids is 1. The van der Waals surface area contributed by atoms with Gasteiger partial charge in [-0.05, 0) is 37.0 Å². The maximum atomic E-state index is 12.2. The van der Waals surface area contributed by atoms with Gasteiger partial charge in [-0.1, -0.05) is 27.2 Å². The van der Waals surface area contributed by atoms with Crippen molar-refractivity contribution >= 4 is 21.7 Å². The van der Waals surface area contributed by atoms with Crippen LogP contribution in [0.5, 0.6) is 0 Å². The van der Waals surface area contributed by atoms with E-state index >= 15 is 0 Å². The molecule has 0 amide bonds. The lowest BCUT2D eigenvalue weighted by atomic mass is 10.1. The zero-order valence-corrected chi connectivity index (χ0v) is 14.7. The number of hydrogen-bond acceptors (Lipinski definition) is 4. The van der Waals surface area contributed by atoms with Crippen molar-refractivity contribution in [1.82, 2.24) is 4.72 Å². The smallest absolute Gasteiger partial charge is 0.337 e. The number of hydrogen-bond donors (Lipinski definition) is 3. The molecule has 3 N–H and O–H groups in total. The summed E-state index contributed by atoms with van der Waals surface area (Å²) in [5, 5.41) is 12.4. The topological polar surface area (TPSA) is 95.5 Å². The molecule has 0 aliphatic rings. The van der Waals surface area contributed by atoms with E-state index < -0.39 is 16.0 Å². The number of benzene rings is 1. The van der Waals surface area contributed by atoms with Crippen LogP contribution in [0.15, 0.2) is 23.1 Å². The van der Waals surface area contributed by atoms with E-state index in [1.807, 2.05) is 6.92 Å². The Balaban J connectivity index is 2.96. The number of rotatable bonds is 10. The van der Waals surface area contributed by atoms with E-state index in [4.69, 9.17) is 0 Å². The maximum absolute atomic E-state index is 12.2. The van der Waals surface area contributed by atoms with Crippen LogP contribution in [0.1, 0.15) is 50.4 Å². The number of sulfonamides is 1. The second kappa shape index (κ2) is 8.88. The Kier molecular flexibility index (Phi) is 7.51. The molecule has 0 bridgehead atoms. The summed E-state index contributed by atoms with van der Waals surface area (Å²) in [6.45, 7) is 7.11. The number of aromatic carboxylic acids is 1. The maximum Gasteiger partial charge on any atom is 0.337 e. The molecule has 0 saturated heterocycles. The third kappa shape index (κ3) is 6.19. The number of unbranched alkanes of at least 4 members (excludes halogenated alkanes) is 1. The SMILES string of the molecule is CCCCNS(=O)(=O)c1ccc(NCCC(C)C)c(C(=O)O)c1. The van der Waals surface area contributed by atoms with Gasteiger partial charge in [0.05, 0.1) is 10.5 Å². The van der Waals surface area contributed by atoms with E-state index in [1.165, 1.54) is 18.2 Å². The van der Waals surface area contributed by atoms with Crippen molar-refractivity contribution in [2.75, 3.05) is 18.4 Å². The lowest BCUT2D eigenvalue weighted by molar-refractivity contribution is 0.0697. The van der Waals surface area contributed by atoms with Crippen LogP contribution in [0, 0.1) is 5.92 Å². The van der Waals surface area contributed by atoms with E-state index in [1.54, 1.807) is 0 Å². The number of anilines is 1. The molecule has 1 rings (SSSR count). The third-order valence-electron chi connectivity index (χ3n) is 3.39. The molecule has 0 atom stereocenters. The fourth-order valence-electron chi connectivity index (χ4n) is 1.98. The predicted molar refractivity (Wildman–Crippen MR) is 91.4 cm³/mol. The van der Waals surface area contributed by atoms with E-state index in [-0.39, 0.29) is 10.5 Å². The summed E-state index contributed by atoms with van der Waals surface area (Å²) >= 11 is 0. The third-order valence-corrected chi connectivity index (χ3v) is 4.85. The highest BCUT2D eigenvalue weighted by Crippen LogP contribution is 2.21. The summed E-state index contributed by atoms with van der Waals surface area (Å²) in [5.74, 6) is -0.652. The van der Waals surface area contributed by atoms with Crippen molar-refractivity contribution in [2.45, 2.75) is 44.9 Å². The van der Waals surface area contributed by atoms with Gasteiger partial charge in [0.25, 0.3) is 0 Å². The van der Waals surface area contributed by atoms with Gasteiger partial charge in [0, 0.05) is 18.8 Å². The second-order valence-electron chi connectivity index (χ2n) is 5.87. The van der Waals surface area contributed by atoms with Gasteiger partial charge in [0.1, 0.15) is 0 Å². The molecule has 0 aliphatic heterocycles. The largest absolute Gasteiger partial charge is 0.478 e. The fraction of sp³-hybridized carbons (Fsp3) is 0.562. The van der Waals surface area contributed by atoms with E-state index in [9.17, 15) is 18.3 Å². The first-order valence-electron chi connectivity index (χ1n) is 7.88. The quantitative estimate of drug-likeness (QED) is 0.568. The Hall–Kier alpha value is -1.60. The number of carboxylic acid groups (broad SMARTS) is 1. The minimum absolute atomic E-state index is 0.0274. The molecule has 130 valence electrons. The highest BCUT2D eigenvalue weighted by atomic mass is 32.2. The van der Waals surface area contributed by atoms with Crippen molar-refractivity contribution in [3.63, 3.8) is 0 Å². The van der Waals surface area contributed by atoms with Crippen LogP contribution in [0.4, 0.5) is 5.69 Å². The van der Waals surface area contributed by atoms with Gasteiger partial charge in [0.2, 0.25) is 10.0 Å². The Bertz CT molecular complexity index is 627. The first-order valence-corrected chi connectivity index (χ1v) is 9.37. The first kappa shape index (κ1) is 19.4. The Labute approximate surface area is 138 Å². The summed E-state index contributed by atoms with van der Waals surface area (Å²) in [5.41, 5.74) is 0.401. The van der Waals surface area contributed by atoms with Crippen LogP contribution in [-0.4, -0.2) is 32.6 Å². The van der Waals surface area contributed by atoms with Crippen LogP contribution >= 0.6 is 0 Å². The zero-order valence-electron chi connectivity index (χ0n) is 13.9. The van der Waals surface area contributed by atoms with Crippen molar-refractivity contribution in [3.05, 3.63) is 23.8 Å². The lowest BCUT2D eigenvalue weighted by Gasteiger charge is -2.13. The minimum Gasteiger partial charge on any atom is -0.478 e. The van der Waals surface area contributed by atoms with E-state index in [0.29, 0.717) is 24.7 Å². The average Bonchev–Trinajstić information content (AvgIpc) is 2.47. The van der Waals surface area contributed by atoms with Crippen LogP contribution in [0.2, 0.25) is 0 Å². The summed E-state index contributed by atoms with van der Waals surface area (Å²) < 4.78 is 26.8. The molecule has 0 aromatic heterocycles. The number of carbonyl (C=O) groups is 1. The molecule has 0 saturated carbocycles. The molecule has 1 aromatic rings. The van der Waals surface area contributed by atoms with Gasteiger partial charge < -0.3 is 10.4 Å². The molecule has 0 heterocycles. The van der Waals surface area contributed by atoms with E-state index in [0.717, 1.165) is 19.3 Å². The summed E-state index contributed by atoms with van der Waals surface area (Å²) in [6, 6.07) is 4.14. The monoisotopic (exact) mass is 342 g/mol. The summed E-state index contributed by atoms with van der Waals surface area (Å²) in [6.07, 6.45) is 2.51. The molecule has 23 heavy (non-hydrogen) atoms. The van der Waals surface area contributed by atoms with Gasteiger partial charge in [-0.15, -0.1) is 0 Å². The Morgan fingerprint density at radius 1 is 1.26 bits per heavy atom. The highest BCUT2D eigenvalue weighted by Gasteiger charge is 2.18. The fourth-order valence-corrected chi connectivity index (χ4v) is 3.08. The van der Waals surface area contributed by atoms with Crippen molar-refractivity contribution < 1.29 is 18.3 Å². The summed E-state index contributed by atoms with van der Waals surface area (Å²) in [7, 11) is -3.68. The Morgan fingerprint density at radius 3 is 2.52 bits per heavy atom. The van der Waals surface area contributed by atoms with Crippen LogP contribution in [0.3, 0.4) is 0 Å². The molecular formula is C16H26N2O4S. The molecule has 0 unspecified atom stereocenters. The molecular weight excluding hydrogens is 316 g/mol. The summed E-state index contributed by atoms with van der Waals surface area (Å²) in [4.78, 5) is 11.4. The molecule has 6 nitrogen and oxygen atoms in total. The van der Waals surface area contributed by atoms with E-state index in [2.05, 4.69) is 23.9 Å². The zero-order chi connectivity index (χ0) is 17.5. The molecule has 0 spiro atoms. The lowest BCUT2D eigenvalue weighted by Crippen LogP contribution is -2.25. The molecule has 7 heteroatoms. The van der Waals surface area contributed by atoms with Gasteiger partial charge in [0.15, 0.2) is 0 Å². The second-order valence-corrected chi connectivity index (χ2v) is 7.64. The normalized spacial score (nSPS) is 11.7. The van der Waals surface area contributed by atoms with Crippen molar-refractivity contribution in [3.8, 4) is 0 Å². The average molecular weight is 342 g/mol. The van der Waals surface area contributed by atoms with Gasteiger partial charge in [-0.3, -0.25) is 0 Å². The first-order chi connectivity index (χ1) is 10.8. The number of nitrogens with one attached hydrogen (secondary N) is 2. The molecule has 0 aliphatic carbocycles. The van der Waals surface area contributed by atoms with Gasteiger partial charge >= 0.3 is 5.97 Å². The van der Waals surface area contributed by atoms with Crippen LogP contribution in [0.25, 0.3) is 0 Å². The Morgan fingerprint density at radius 2 is 1.96 bits per heavy atom. The van der Waals surface area contributed by atoms with Crippen molar-refractivity contribution in [2.24, 2.45) is 5.92 Å². The van der Waals surface area contributed by atoms with Crippen LogP contribution in [-0.2, 0) is 10.0 Å². The van der Waals surface area contributed by atoms with Crippen molar-refractivity contribution in [1.29, 1.82) is 0 Å². The molecule has 1 aromatic carbocycles.